The minimum atomic E-state index is -1.02. The number of amides is 2. The van der Waals surface area contributed by atoms with Crippen molar-refractivity contribution in [3.63, 3.8) is 0 Å². The number of ketones is 1. The number of likely N-dealkylation sites (tertiary alicyclic amines) is 1. The summed E-state index contributed by atoms with van der Waals surface area (Å²) >= 11 is 0. The van der Waals surface area contributed by atoms with Crippen molar-refractivity contribution in [3.8, 4) is 0 Å². The van der Waals surface area contributed by atoms with Gasteiger partial charge in [-0.1, -0.05) is 0 Å². The molecule has 0 aliphatic carbocycles. The molecule has 2 heterocycles. The van der Waals surface area contributed by atoms with Crippen molar-refractivity contribution in [2.24, 2.45) is 5.92 Å². The van der Waals surface area contributed by atoms with E-state index in [9.17, 15) is 19.2 Å². The number of rotatable bonds is 7. The Balaban J connectivity index is 1.51. The van der Waals surface area contributed by atoms with Crippen molar-refractivity contribution in [1.29, 1.82) is 0 Å². The number of hydrogen-bond donors (Lipinski definition) is 1. The van der Waals surface area contributed by atoms with E-state index < -0.39 is 23.9 Å². The third-order valence-corrected chi connectivity index (χ3v) is 4.70. The lowest BCUT2D eigenvalue weighted by molar-refractivity contribution is -0.157. The minimum Gasteiger partial charge on any atom is -0.467 e. The number of hydrogen-bond acceptors (Lipinski definition) is 6. The zero-order chi connectivity index (χ0) is 21.0. The molecule has 1 saturated heterocycles. The molecule has 0 spiro atoms. The SMILES string of the molecule is CC(=O)c1ccc(NC(=O)[C@@H](C)OC(=O)[C@@H]2CC(=O)N(Cc3ccco3)C2)cc1. The zero-order valence-corrected chi connectivity index (χ0v) is 16.2. The average molecular weight is 398 g/mol. The fourth-order valence-corrected chi connectivity index (χ4v) is 3.03. The number of Topliss-reactive ketones (excluding diaryl/α,β-unsaturated/α-hetero) is 1. The van der Waals surface area contributed by atoms with E-state index >= 15 is 0 Å². The van der Waals surface area contributed by atoms with Gasteiger partial charge in [0.25, 0.3) is 5.91 Å². The Kier molecular flexibility index (Phi) is 6.11. The molecule has 0 saturated carbocycles. The Morgan fingerprint density at radius 3 is 2.59 bits per heavy atom. The van der Waals surface area contributed by atoms with E-state index in [0.29, 0.717) is 23.6 Å². The Bertz CT molecular complexity index is 904. The smallest absolute Gasteiger partial charge is 0.312 e. The molecule has 29 heavy (non-hydrogen) atoms. The predicted octanol–water partition coefficient (Wildman–Crippen LogP) is 2.40. The fraction of sp³-hybridized carbons (Fsp3) is 0.333. The van der Waals surface area contributed by atoms with E-state index in [1.165, 1.54) is 25.0 Å². The number of carbonyl (C=O) groups is 4. The number of ether oxygens (including phenoxy) is 1. The van der Waals surface area contributed by atoms with Crippen molar-refractivity contribution in [3.05, 3.63) is 54.0 Å². The van der Waals surface area contributed by atoms with Gasteiger partial charge in [-0.2, -0.15) is 0 Å². The van der Waals surface area contributed by atoms with Crippen LogP contribution >= 0.6 is 0 Å². The maximum atomic E-state index is 12.4. The Hall–Kier alpha value is -3.42. The van der Waals surface area contributed by atoms with Crippen LogP contribution in [0.15, 0.2) is 47.1 Å². The summed E-state index contributed by atoms with van der Waals surface area (Å²) in [5.74, 6) is -1.30. The molecule has 0 unspecified atom stereocenters. The van der Waals surface area contributed by atoms with E-state index in [4.69, 9.17) is 9.15 Å². The van der Waals surface area contributed by atoms with Crippen molar-refractivity contribution >= 4 is 29.3 Å². The standard InChI is InChI=1S/C21H22N2O6/c1-13(24)15-5-7-17(8-6-15)22-20(26)14(2)29-21(27)16-10-19(25)23(11-16)12-18-4-3-9-28-18/h3-9,14,16H,10-12H2,1-2H3,(H,22,26)/t14-,16-/m1/s1. The largest absolute Gasteiger partial charge is 0.467 e. The lowest BCUT2D eigenvalue weighted by Gasteiger charge is -2.17. The van der Waals surface area contributed by atoms with Gasteiger partial charge in [0.2, 0.25) is 5.91 Å². The fourth-order valence-electron chi connectivity index (χ4n) is 3.03. The summed E-state index contributed by atoms with van der Waals surface area (Å²) in [5.41, 5.74) is 1.02. The highest BCUT2D eigenvalue weighted by atomic mass is 16.5. The summed E-state index contributed by atoms with van der Waals surface area (Å²) < 4.78 is 10.5. The van der Waals surface area contributed by atoms with Crippen LogP contribution < -0.4 is 5.32 Å². The number of esters is 1. The molecule has 0 bridgehead atoms. The highest BCUT2D eigenvalue weighted by Gasteiger charge is 2.36. The molecule has 1 aromatic heterocycles. The molecule has 8 nitrogen and oxygen atoms in total. The van der Waals surface area contributed by atoms with E-state index in [-0.39, 0.29) is 24.7 Å². The topological polar surface area (TPSA) is 106 Å². The molecule has 8 heteroatoms. The lowest BCUT2D eigenvalue weighted by atomic mass is 10.1. The highest BCUT2D eigenvalue weighted by molar-refractivity contribution is 5.97. The molecule has 1 fully saturated rings. The van der Waals surface area contributed by atoms with Crippen LogP contribution in [0.1, 0.15) is 36.4 Å². The van der Waals surface area contributed by atoms with Gasteiger partial charge in [0.15, 0.2) is 11.9 Å². The van der Waals surface area contributed by atoms with E-state index in [2.05, 4.69) is 5.32 Å². The van der Waals surface area contributed by atoms with Gasteiger partial charge >= 0.3 is 5.97 Å². The van der Waals surface area contributed by atoms with Gasteiger partial charge < -0.3 is 19.4 Å². The lowest BCUT2D eigenvalue weighted by Crippen LogP contribution is -2.33. The zero-order valence-electron chi connectivity index (χ0n) is 16.2. The Morgan fingerprint density at radius 1 is 1.24 bits per heavy atom. The molecule has 1 N–H and O–H groups in total. The average Bonchev–Trinajstić information content (AvgIpc) is 3.32. The summed E-state index contributed by atoms with van der Waals surface area (Å²) in [6, 6.07) is 9.90. The second-order valence-corrected chi connectivity index (χ2v) is 6.96. The quantitative estimate of drug-likeness (QED) is 0.567. The second kappa shape index (κ2) is 8.72. The van der Waals surface area contributed by atoms with Crippen molar-refractivity contribution < 1.29 is 28.3 Å². The second-order valence-electron chi connectivity index (χ2n) is 6.96. The van der Waals surface area contributed by atoms with E-state index in [1.54, 1.807) is 36.4 Å². The maximum Gasteiger partial charge on any atom is 0.312 e. The van der Waals surface area contributed by atoms with Gasteiger partial charge in [0.05, 0.1) is 18.7 Å². The summed E-state index contributed by atoms with van der Waals surface area (Å²) in [6.07, 6.45) is 0.542. The minimum absolute atomic E-state index is 0.0421. The van der Waals surface area contributed by atoms with Crippen LogP contribution in [0.5, 0.6) is 0 Å². The van der Waals surface area contributed by atoms with Gasteiger partial charge in [0, 0.05) is 24.2 Å². The summed E-state index contributed by atoms with van der Waals surface area (Å²) in [7, 11) is 0. The first kappa shape index (κ1) is 20.3. The molecule has 152 valence electrons. The van der Waals surface area contributed by atoms with E-state index in [0.717, 1.165) is 0 Å². The number of anilines is 1. The molecular formula is C21H22N2O6. The first-order valence-corrected chi connectivity index (χ1v) is 9.26. The van der Waals surface area contributed by atoms with Crippen molar-refractivity contribution in [1.82, 2.24) is 4.90 Å². The highest BCUT2D eigenvalue weighted by Crippen LogP contribution is 2.22. The Morgan fingerprint density at radius 2 is 1.97 bits per heavy atom. The molecule has 1 aliphatic rings. The van der Waals surface area contributed by atoms with Gasteiger partial charge in [-0.3, -0.25) is 19.2 Å². The third kappa shape index (κ3) is 5.10. The third-order valence-electron chi connectivity index (χ3n) is 4.70. The number of nitrogens with one attached hydrogen (secondary N) is 1. The Labute approximate surface area is 167 Å². The van der Waals surface area contributed by atoms with Crippen LogP contribution in [-0.4, -0.2) is 41.1 Å². The van der Waals surface area contributed by atoms with Gasteiger partial charge in [-0.15, -0.1) is 0 Å². The normalized spacial score (nSPS) is 17.1. The molecule has 2 amide bonds. The molecule has 0 radical (unpaired) electrons. The maximum absolute atomic E-state index is 12.4. The van der Waals surface area contributed by atoms with Crippen LogP contribution in [0, 0.1) is 5.92 Å². The number of benzene rings is 1. The van der Waals surface area contributed by atoms with Crippen LogP contribution in [-0.2, 0) is 25.7 Å². The molecule has 1 aromatic carbocycles. The molecule has 3 rings (SSSR count). The van der Waals surface area contributed by atoms with Crippen molar-refractivity contribution in [2.45, 2.75) is 32.9 Å². The van der Waals surface area contributed by atoms with Crippen molar-refractivity contribution in [2.75, 3.05) is 11.9 Å². The molecular weight excluding hydrogens is 376 g/mol. The summed E-state index contributed by atoms with van der Waals surface area (Å²) in [5, 5.41) is 2.63. The van der Waals surface area contributed by atoms with Gasteiger partial charge in [0.1, 0.15) is 5.76 Å². The number of furan rings is 1. The summed E-state index contributed by atoms with van der Waals surface area (Å²) in [6.45, 7) is 3.44. The van der Waals surface area contributed by atoms with Crippen LogP contribution in [0.4, 0.5) is 5.69 Å². The van der Waals surface area contributed by atoms with Crippen LogP contribution in [0.3, 0.4) is 0 Å². The van der Waals surface area contributed by atoms with Crippen LogP contribution in [0.2, 0.25) is 0 Å². The van der Waals surface area contributed by atoms with Gasteiger partial charge in [-0.05, 0) is 50.2 Å². The number of carbonyl (C=O) groups excluding carboxylic acids is 4. The predicted molar refractivity (Wildman–Crippen MR) is 103 cm³/mol. The van der Waals surface area contributed by atoms with Crippen LogP contribution in [0.25, 0.3) is 0 Å². The molecule has 2 aromatic rings. The first-order valence-electron chi connectivity index (χ1n) is 9.26. The molecule has 2 atom stereocenters. The number of nitrogens with zero attached hydrogens (tertiary/aromatic N) is 1. The summed E-state index contributed by atoms with van der Waals surface area (Å²) in [4.78, 5) is 49.6. The first-order chi connectivity index (χ1) is 13.8. The monoisotopic (exact) mass is 398 g/mol. The molecule has 1 aliphatic heterocycles. The van der Waals surface area contributed by atoms with E-state index in [1.807, 2.05) is 0 Å². The van der Waals surface area contributed by atoms with Gasteiger partial charge in [-0.25, -0.2) is 0 Å².